The van der Waals surface area contributed by atoms with Crippen LogP contribution in [0.15, 0.2) is 66.7 Å². The number of hydrogen-bond donors (Lipinski definition) is 2. The van der Waals surface area contributed by atoms with Crippen LogP contribution in [0.5, 0.6) is 0 Å². The smallest absolute Gasteiger partial charge is 0.333 e. The van der Waals surface area contributed by atoms with Crippen molar-refractivity contribution in [3.8, 4) is 0 Å². The Bertz CT molecular complexity index is 904. The number of ether oxygens (including phenoxy) is 1. The van der Waals surface area contributed by atoms with Crippen LogP contribution in [0.1, 0.15) is 42.9 Å². The molecular formula is C25H28N2O4. The molecule has 2 aromatic rings. The number of amides is 2. The van der Waals surface area contributed by atoms with E-state index in [9.17, 15) is 14.4 Å². The number of methoxy groups -OCH3 is 1. The molecule has 1 aliphatic rings. The van der Waals surface area contributed by atoms with Crippen LogP contribution in [0.4, 0.5) is 0 Å². The van der Waals surface area contributed by atoms with E-state index in [0.29, 0.717) is 18.4 Å². The Balaban J connectivity index is 1.49. The molecule has 0 heterocycles. The summed E-state index contributed by atoms with van der Waals surface area (Å²) in [5.74, 6) is -0.978. The van der Waals surface area contributed by atoms with Crippen molar-refractivity contribution in [3.63, 3.8) is 0 Å². The number of carbonyl (C=O) groups is 3. The molecule has 1 atom stereocenters. The summed E-state index contributed by atoms with van der Waals surface area (Å²) >= 11 is 0. The average molecular weight is 421 g/mol. The van der Waals surface area contributed by atoms with Gasteiger partial charge in [-0.3, -0.25) is 9.59 Å². The first-order chi connectivity index (χ1) is 15.1. The molecule has 31 heavy (non-hydrogen) atoms. The van der Waals surface area contributed by atoms with Crippen LogP contribution < -0.4 is 10.6 Å². The molecule has 2 N–H and O–H groups in total. The van der Waals surface area contributed by atoms with Crippen molar-refractivity contribution in [1.29, 1.82) is 0 Å². The van der Waals surface area contributed by atoms with Crippen molar-refractivity contribution < 1.29 is 19.1 Å². The molecule has 6 heteroatoms. The van der Waals surface area contributed by atoms with Gasteiger partial charge in [-0.15, -0.1) is 0 Å². The molecule has 0 aromatic heterocycles. The Hall–Kier alpha value is -3.41. The van der Waals surface area contributed by atoms with Gasteiger partial charge in [0, 0.05) is 18.0 Å². The highest BCUT2D eigenvalue weighted by atomic mass is 16.5. The Morgan fingerprint density at radius 3 is 2.16 bits per heavy atom. The standard InChI is InChI=1S/C25H28N2O4/c1-31-25(30)23(19-10-6-3-7-11-19)27-24(29)20-13-15-21(16-14-20)26-22(28)17-12-18-8-4-2-5-9-18/h2-12,17,20-21,23H,13-16H2,1H3,(H,26,28)(H,27,29)/t20?,21?,23-/m0/s1. The zero-order valence-corrected chi connectivity index (χ0v) is 17.6. The number of esters is 1. The lowest BCUT2D eigenvalue weighted by Gasteiger charge is -2.29. The average Bonchev–Trinajstić information content (AvgIpc) is 2.82. The molecule has 0 spiro atoms. The minimum Gasteiger partial charge on any atom is -0.467 e. The van der Waals surface area contributed by atoms with E-state index in [4.69, 9.17) is 4.74 Å². The first-order valence-corrected chi connectivity index (χ1v) is 10.5. The Morgan fingerprint density at radius 1 is 0.935 bits per heavy atom. The Kier molecular flexibility index (Phi) is 7.98. The zero-order chi connectivity index (χ0) is 22.1. The second kappa shape index (κ2) is 11.1. The van der Waals surface area contributed by atoms with Gasteiger partial charge in [-0.25, -0.2) is 4.79 Å². The van der Waals surface area contributed by atoms with E-state index >= 15 is 0 Å². The molecule has 2 aromatic carbocycles. The van der Waals surface area contributed by atoms with Gasteiger partial charge in [0.05, 0.1) is 7.11 Å². The first-order valence-electron chi connectivity index (χ1n) is 10.5. The maximum Gasteiger partial charge on any atom is 0.333 e. The van der Waals surface area contributed by atoms with E-state index in [1.165, 1.54) is 13.2 Å². The lowest BCUT2D eigenvalue weighted by molar-refractivity contribution is -0.146. The van der Waals surface area contributed by atoms with Gasteiger partial charge in [0.2, 0.25) is 11.8 Å². The van der Waals surface area contributed by atoms with E-state index in [1.54, 1.807) is 18.2 Å². The molecule has 2 amide bonds. The predicted octanol–water partition coefficient (Wildman–Crippen LogP) is 3.41. The molecule has 1 fully saturated rings. The van der Waals surface area contributed by atoms with Crippen LogP contribution in [0.2, 0.25) is 0 Å². The van der Waals surface area contributed by atoms with Gasteiger partial charge in [0.1, 0.15) is 0 Å². The van der Waals surface area contributed by atoms with Crippen LogP contribution in [0, 0.1) is 5.92 Å². The highest BCUT2D eigenvalue weighted by molar-refractivity contribution is 5.92. The van der Waals surface area contributed by atoms with Crippen LogP contribution in [-0.4, -0.2) is 30.9 Å². The van der Waals surface area contributed by atoms with Crippen molar-refractivity contribution in [1.82, 2.24) is 10.6 Å². The number of hydrogen-bond acceptors (Lipinski definition) is 4. The maximum absolute atomic E-state index is 12.8. The van der Waals surface area contributed by atoms with Gasteiger partial charge in [0.15, 0.2) is 6.04 Å². The molecule has 162 valence electrons. The summed E-state index contributed by atoms with van der Waals surface area (Å²) in [6.45, 7) is 0. The summed E-state index contributed by atoms with van der Waals surface area (Å²) < 4.78 is 4.86. The lowest BCUT2D eigenvalue weighted by atomic mass is 9.85. The Morgan fingerprint density at radius 2 is 1.55 bits per heavy atom. The third-order valence-electron chi connectivity index (χ3n) is 5.53. The van der Waals surface area contributed by atoms with E-state index in [1.807, 2.05) is 48.5 Å². The van der Waals surface area contributed by atoms with Gasteiger partial charge in [-0.1, -0.05) is 60.7 Å². The number of benzene rings is 2. The molecule has 1 saturated carbocycles. The number of rotatable bonds is 7. The minimum absolute atomic E-state index is 0.0440. The Labute approximate surface area is 182 Å². The minimum atomic E-state index is -0.820. The fourth-order valence-electron chi connectivity index (χ4n) is 3.79. The van der Waals surface area contributed by atoms with Crippen LogP contribution in [0.25, 0.3) is 6.08 Å². The third kappa shape index (κ3) is 6.54. The zero-order valence-electron chi connectivity index (χ0n) is 17.6. The summed E-state index contributed by atoms with van der Waals surface area (Å²) in [6.07, 6.45) is 6.07. The molecule has 0 radical (unpaired) electrons. The summed E-state index contributed by atoms with van der Waals surface area (Å²) in [4.78, 5) is 37.1. The van der Waals surface area contributed by atoms with Crippen molar-refractivity contribution >= 4 is 23.9 Å². The molecule has 0 aliphatic heterocycles. The quantitative estimate of drug-likeness (QED) is 0.531. The number of carbonyl (C=O) groups excluding carboxylic acids is 3. The van der Waals surface area contributed by atoms with Gasteiger partial charge in [0.25, 0.3) is 0 Å². The summed E-state index contributed by atoms with van der Waals surface area (Å²) in [5, 5.41) is 5.85. The van der Waals surface area contributed by atoms with E-state index in [-0.39, 0.29) is 23.8 Å². The maximum atomic E-state index is 12.8. The predicted molar refractivity (Wildman–Crippen MR) is 119 cm³/mol. The summed E-state index contributed by atoms with van der Waals surface area (Å²) in [6, 6.07) is 17.9. The van der Waals surface area contributed by atoms with Gasteiger partial charge >= 0.3 is 5.97 Å². The van der Waals surface area contributed by atoms with E-state index < -0.39 is 12.0 Å². The third-order valence-corrected chi connectivity index (χ3v) is 5.53. The SMILES string of the molecule is COC(=O)[C@@H](NC(=O)C1CCC(NC(=O)C=Cc2ccccc2)CC1)c1ccccc1. The van der Waals surface area contributed by atoms with Crippen LogP contribution in [-0.2, 0) is 19.1 Å². The molecule has 0 saturated heterocycles. The summed E-state index contributed by atoms with van der Waals surface area (Å²) in [7, 11) is 1.31. The normalized spacial score (nSPS) is 19.4. The largest absolute Gasteiger partial charge is 0.467 e. The van der Waals surface area contributed by atoms with Crippen molar-refractivity contribution in [2.24, 2.45) is 5.92 Å². The highest BCUT2D eigenvalue weighted by Gasteiger charge is 2.30. The van der Waals surface area contributed by atoms with E-state index in [0.717, 1.165) is 18.4 Å². The van der Waals surface area contributed by atoms with Gasteiger partial charge < -0.3 is 15.4 Å². The highest BCUT2D eigenvalue weighted by Crippen LogP contribution is 2.26. The second-order valence-corrected chi connectivity index (χ2v) is 7.68. The van der Waals surface area contributed by atoms with Gasteiger partial charge in [-0.2, -0.15) is 0 Å². The summed E-state index contributed by atoms with van der Waals surface area (Å²) in [5.41, 5.74) is 1.66. The van der Waals surface area contributed by atoms with Crippen LogP contribution in [0.3, 0.4) is 0 Å². The molecule has 3 rings (SSSR count). The molecular weight excluding hydrogens is 392 g/mol. The first kappa shape index (κ1) is 22.3. The van der Waals surface area contributed by atoms with E-state index in [2.05, 4.69) is 10.6 Å². The lowest BCUT2D eigenvalue weighted by Crippen LogP contribution is -2.42. The molecule has 1 aliphatic carbocycles. The van der Waals surface area contributed by atoms with Crippen molar-refractivity contribution in [3.05, 3.63) is 77.9 Å². The van der Waals surface area contributed by atoms with Crippen LogP contribution >= 0.6 is 0 Å². The second-order valence-electron chi connectivity index (χ2n) is 7.68. The number of nitrogens with one attached hydrogen (secondary N) is 2. The monoisotopic (exact) mass is 420 g/mol. The fraction of sp³-hybridized carbons (Fsp3) is 0.320. The topological polar surface area (TPSA) is 84.5 Å². The van der Waals surface area contributed by atoms with Crippen molar-refractivity contribution in [2.45, 2.75) is 37.8 Å². The van der Waals surface area contributed by atoms with Gasteiger partial charge in [-0.05, 0) is 42.9 Å². The van der Waals surface area contributed by atoms with Crippen molar-refractivity contribution in [2.75, 3.05) is 7.11 Å². The molecule has 0 bridgehead atoms. The molecule has 0 unspecified atom stereocenters. The fourth-order valence-corrected chi connectivity index (χ4v) is 3.79. The molecule has 6 nitrogen and oxygen atoms in total.